The van der Waals surface area contributed by atoms with Gasteiger partial charge in [-0.1, -0.05) is 30.3 Å². The van der Waals surface area contributed by atoms with Gasteiger partial charge in [-0.15, -0.1) is 0 Å². The van der Waals surface area contributed by atoms with Gasteiger partial charge in [-0.25, -0.2) is 4.98 Å². The van der Waals surface area contributed by atoms with Crippen LogP contribution in [0.3, 0.4) is 0 Å². The third-order valence-electron chi connectivity index (χ3n) is 4.57. The number of benzene rings is 2. The van der Waals surface area contributed by atoms with E-state index in [0.29, 0.717) is 5.39 Å². The molecule has 0 aliphatic carbocycles. The Morgan fingerprint density at radius 1 is 1.15 bits per heavy atom. The number of aromatic nitrogens is 4. The van der Waals surface area contributed by atoms with Gasteiger partial charge in [0.1, 0.15) is 5.82 Å². The number of hydrogen-bond acceptors (Lipinski definition) is 4. The second kappa shape index (κ2) is 7.41. The number of nitrogens with zero attached hydrogens (tertiary/aromatic N) is 2. The van der Waals surface area contributed by atoms with Crippen LogP contribution in [-0.4, -0.2) is 26.3 Å². The number of anilines is 2. The molecule has 7 nitrogen and oxygen atoms in total. The lowest BCUT2D eigenvalue weighted by atomic mass is 10.0. The molecule has 0 saturated carbocycles. The summed E-state index contributed by atoms with van der Waals surface area (Å²) in [4.78, 5) is 16.0. The highest BCUT2D eigenvalue weighted by atomic mass is 16.1. The van der Waals surface area contributed by atoms with E-state index in [-0.39, 0.29) is 11.6 Å². The number of aromatic amines is 2. The minimum absolute atomic E-state index is 0.0970. The molecule has 27 heavy (non-hydrogen) atoms. The number of imidazole rings is 1. The van der Waals surface area contributed by atoms with E-state index in [2.05, 4.69) is 37.9 Å². The first-order chi connectivity index (χ1) is 13.2. The molecule has 1 unspecified atom stereocenters. The van der Waals surface area contributed by atoms with Gasteiger partial charge in [0.25, 0.3) is 5.56 Å². The molecule has 0 spiro atoms. The van der Waals surface area contributed by atoms with Gasteiger partial charge in [-0.3, -0.25) is 15.0 Å². The molecule has 2 aromatic carbocycles. The molecule has 2 heterocycles. The Morgan fingerprint density at radius 3 is 2.78 bits per heavy atom. The number of rotatable bonds is 7. The van der Waals surface area contributed by atoms with Crippen LogP contribution in [-0.2, 0) is 7.05 Å². The predicted octanol–water partition coefficient (Wildman–Crippen LogP) is 3.25. The Labute approximate surface area is 156 Å². The van der Waals surface area contributed by atoms with Crippen molar-refractivity contribution < 1.29 is 0 Å². The summed E-state index contributed by atoms with van der Waals surface area (Å²) in [5.74, 6) is 0.859. The molecule has 0 aliphatic heterocycles. The Bertz CT molecular complexity index is 1080. The average Bonchev–Trinajstić information content (AvgIpc) is 3.27. The quantitative estimate of drug-likeness (QED) is 0.406. The van der Waals surface area contributed by atoms with Gasteiger partial charge in [0.05, 0.1) is 23.3 Å². The van der Waals surface area contributed by atoms with E-state index in [1.165, 1.54) is 5.56 Å². The summed E-state index contributed by atoms with van der Waals surface area (Å²) in [6.45, 7) is 0.777. The second-order valence-electron chi connectivity index (χ2n) is 6.59. The summed E-state index contributed by atoms with van der Waals surface area (Å²) < 4.78 is 1.93. The molecule has 0 amide bonds. The van der Waals surface area contributed by atoms with Crippen molar-refractivity contribution >= 4 is 22.4 Å². The summed E-state index contributed by atoms with van der Waals surface area (Å²) in [7, 11) is 1.96. The first-order valence-corrected chi connectivity index (χ1v) is 8.93. The molecule has 0 radical (unpaired) electrons. The lowest BCUT2D eigenvalue weighted by Crippen LogP contribution is -2.15. The molecule has 4 N–H and O–H groups in total. The maximum Gasteiger partial charge on any atom is 0.271 e. The average molecular weight is 362 g/mol. The Morgan fingerprint density at radius 2 is 2.00 bits per heavy atom. The van der Waals surface area contributed by atoms with Crippen LogP contribution < -0.4 is 16.2 Å². The standard InChI is InChI=1S/C20H22N6O/c1-26-12-19(22-13-26)23-17(14-5-3-2-4-6-14)9-10-21-15-7-8-16-18(11-15)24-25-20(16)27/h2-8,11-13,17,21,23H,9-10H2,1H3,(H2,24,25,27). The summed E-state index contributed by atoms with van der Waals surface area (Å²) in [5.41, 5.74) is 2.90. The molecule has 0 aliphatic rings. The second-order valence-corrected chi connectivity index (χ2v) is 6.59. The number of hydrogen-bond donors (Lipinski definition) is 4. The van der Waals surface area contributed by atoms with Crippen molar-refractivity contribution in [2.75, 3.05) is 17.2 Å². The molecule has 1 atom stereocenters. The van der Waals surface area contributed by atoms with Crippen LogP contribution in [0.15, 0.2) is 65.8 Å². The van der Waals surface area contributed by atoms with Crippen molar-refractivity contribution in [3.05, 3.63) is 77.0 Å². The maximum absolute atomic E-state index is 11.6. The van der Waals surface area contributed by atoms with Gasteiger partial charge in [-0.05, 0) is 30.2 Å². The predicted molar refractivity (Wildman–Crippen MR) is 108 cm³/mol. The van der Waals surface area contributed by atoms with Crippen LogP contribution in [0.1, 0.15) is 18.0 Å². The molecule has 4 rings (SSSR count). The Hall–Kier alpha value is -3.48. The van der Waals surface area contributed by atoms with E-state index in [1.54, 1.807) is 6.33 Å². The molecule has 0 fully saturated rings. The van der Waals surface area contributed by atoms with Crippen molar-refractivity contribution in [3.8, 4) is 0 Å². The third-order valence-corrected chi connectivity index (χ3v) is 4.57. The van der Waals surface area contributed by atoms with Crippen LogP contribution in [0.4, 0.5) is 11.5 Å². The fourth-order valence-electron chi connectivity index (χ4n) is 3.18. The maximum atomic E-state index is 11.6. The van der Waals surface area contributed by atoms with Crippen LogP contribution >= 0.6 is 0 Å². The van der Waals surface area contributed by atoms with E-state index in [9.17, 15) is 4.79 Å². The van der Waals surface area contributed by atoms with E-state index < -0.39 is 0 Å². The van der Waals surface area contributed by atoms with Crippen molar-refractivity contribution in [1.29, 1.82) is 0 Å². The topological polar surface area (TPSA) is 90.5 Å². The summed E-state index contributed by atoms with van der Waals surface area (Å²) in [6.07, 6.45) is 4.64. The third kappa shape index (κ3) is 3.87. The van der Waals surface area contributed by atoms with Gasteiger partial charge in [-0.2, -0.15) is 0 Å². The summed E-state index contributed by atoms with van der Waals surface area (Å²) in [6, 6.07) is 16.2. The van der Waals surface area contributed by atoms with Crippen molar-refractivity contribution in [2.24, 2.45) is 7.05 Å². The van der Waals surface area contributed by atoms with Crippen molar-refractivity contribution in [3.63, 3.8) is 0 Å². The smallest absolute Gasteiger partial charge is 0.271 e. The fraction of sp³-hybridized carbons (Fsp3) is 0.200. The molecular formula is C20H22N6O. The highest BCUT2D eigenvalue weighted by Crippen LogP contribution is 2.22. The minimum Gasteiger partial charge on any atom is -0.385 e. The SMILES string of the molecule is Cn1cnc(NC(CCNc2ccc3c(=O)[nH][nH]c3c2)c2ccccc2)c1. The molecule has 0 bridgehead atoms. The molecule has 138 valence electrons. The zero-order valence-electron chi connectivity index (χ0n) is 15.1. The van der Waals surface area contributed by atoms with Crippen LogP contribution in [0.2, 0.25) is 0 Å². The molecular weight excluding hydrogens is 340 g/mol. The first-order valence-electron chi connectivity index (χ1n) is 8.93. The lowest BCUT2D eigenvalue weighted by Gasteiger charge is -2.19. The molecule has 2 aromatic heterocycles. The van der Waals surface area contributed by atoms with Gasteiger partial charge in [0, 0.05) is 25.5 Å². The van der Waals surface area contributed by atoms with Crippen LogP contribution in [0, 0.1) is 0 Å². The first kappa shape index (κ1) is 17.0. The van der Waals surface area contributed by atoms with Gasteiger partial charge < -0.3 is 15.2 Å². The highest BCUT2D eigenvalue weighted by Gasteiger charge is 2.12. The van der Waals surface area contributed by atoms with Gasteiger partial charge in [0.2, 0.25) is 0 Å². The Kier molecular flexibility index (Phi) is 4.65. The molecule has 0 saturated heterocycles. The van der Waals surface area contributed by atoms with Crippen LogP contribution in [0.25, 0.3) is 10.9 Å². The number of H-pyrrole nitrogens is 2. The molecule has 4 aromatic rings. The normalized spacial score (nSPS) is 12.2. The summed E-state index contributed by atoms with van der Waals surface area (Å²) in [5, 5.41) is 13.1. The lowest BCUT2D eigenvalue weighted by molar-refractivity contribution is 0.717. The van der Waals surface area contributed by atoms with E-state index in [0.717, 1.165) is 30.0 Å². The number of nitrogens with one attached hydrogen (secondary N) is 4. The fourth-order valence-corrected chi connectivity index (χ4v) is 3.18. The monoisotopic (exact) mass is 362 g/mol. The van der Waals surface area contributed by atoms with E-state index >= 15 is 0 Å². The van der Waals surface area contributed by atoms with Crippen molar-refractivity contribution in [1.82, 2.24) is 19.7 Å². The van der Waals surface area contributed by atoms with Crippen LogP contribution in [0.5, 0.6) is 0 Å². The summed E-state index contributed by atoms with van der Waals surface area (Å²) >= 11 is 0. The zero-order valence-corrected chi connectivity index (χ0v) is 15.1. The number of fused-ring (bicyclic) bond motifs is 1. The highest BCUT2D eigenvalue weighted by molar-refractivity contribution is 5.81. The van der Waals surface area contributed by atoms with Gasteiger partial charge in [0.15, 0.2) is 0 Å². The molecule has 7 heteroatoms. The zero-order chi connectivity index (χ0) is 18.6. The van der Waals surface area contributed by atoms with E-state index in [4.69, 9.17) is 0 Å². The van der Waals surface area contributed by atoms with Gasteiger partial charge >= 0.3 is 0 Å². The number of aryl methyl sites for hydroxylation is 1. The largest absolute Gasteiger partial charge is 0.385 e. The Balaban J connectivity index is 1.45. The minimum atomic E-state index is -0.0970. The van der Waals surface area contributed by atoms with E-state index in [1.807, 2.05) is 54.2 Å². The van der Waals surface area contributed by atoms with Crippen molar-refractivity contribution in [2.45, 2.75) is 12.5 Å².